The Labute approximate surface area is 102 Å². The highest BCUT2D eigenvalue weighted by atomic mass is 16.4. The standard InChI is InChI=1S/C13H21N3O/c1-2-7-16-8-3-4-9-10(16)5-6-11-12(9)15-13(14)17-11/h9-10H,2-8H2,1H3,(H2,14,15). The second-order valence-electron chi connectivity index (χ2n) is 5.25. The third-order valence-corrected chi connectivity index (χ3v) is 4.17. The van der Waals surface area contributed by atoms with Gasteiger partial charge in [0.25, 0.3) is 6.01 Å². The number of aryl methyl sites for hydroxylation is 1. The van der Waals surface area contributed by atoms with E-state index in [2.05, 4.69) is 16.8 Å². The van der Waals surface area contributed by atoms with Crippen molar-refractivity contribution in [2.45, 2.75) is 51.0 Å². The van der Waals surface area contributed by atoms with Crippen LogP contribution in [0.5, 0.6) is 0 Å². The first-order chi connectivity index (χ1) is 8.29. The molecule has 2 N–H and O–H groups in total. The summed E-state index contributed by atoms with van der Waals surface area (Å²) in [7, 11) is 0. The van der Waals surface area contributed by atoms with Crippen LogP contribution in [0.3, 0.4) is 0 Å². The van der Waals surface area contributed by atoms with Crippen LogP contribution >= 0.6 is 0 Å². The number of oxazole rings is 1. The van der Waals surface area contributed by atoms with E-state index in [1.807, 2.05) is 0 Å². The van der Waals surface area contributed by atoms with Gasteiger partial charge in [-0.25, -0.2) is 0 Å². The molecule has 0 spiro atoms. The molecular formula is C13H21N3O. The van der Waals surface area contributed by atoms with Gasteiger partial charge in [-0.3, -0.25) is 4.90 Å². The van der Waals surface area contributed by atoms with Gasteiger partial charge < -0.3 is 10.2 Å². The van der Waals surface area contributed by atoms with Gasteiger partial charge in [-0.1, -0.05) is 6.92 Å². The molecule has 3 rings (SSSR count). The van der Waals surface area contributed by atoms with E-state index in [4.69, 9.17) is 10.2 Å². The van der Waals surface area contributed by atoms with Crippen LogP contribution in [0.25, 0.3) is 0 Å². The maximum absolute atomic E-state index is 5.68. The zero-order valence-corrected chi connectivity index (χ0v) is 10.5. The van der Waals surface area contributed by atoms with Crippen LogP contribution in [0.4, 0.5) is 6.01 Å². The second kappa shape index (κ2) is 4.33. The van der Waals surface area contributed by atoms with Crippen LogP contribution in [0.15, 0.2) is 4.42 Å². The molecule has 2 aliphatic rings. The molecule has 0 aromatic carbocycles. The summed E-state index contributed by atoms with van der Waals surface area (Å²) in [4.78, 5) is 7.06. The van der Waals surface area contributed by atoms with Gasteiger partial charge in [0.05, 0.1) is 5.69 Å². The molecule has 1 aliphatic carbocycles. The highest BCUT2D eigenvalue weighted by Gasteiger charge is 2.38. The molecule has 1 saturated heterocycles. The lowest BCUT2D eigenvalue weighted by molar-refractivity contribution is 0.108. The number of nitrogens with zero attached hydrogens (tertiary/aromatic N) is 2. The number of fused-ring (bicyclic) bond motifs is 3. The van der Waals surface area contributed by atoms with Crippen LogP contribution in [0, 0.1) is 0 Å². The van der Waals surface area contributed by atoms with Crippen molar-refractivity contribution in [3.8, 4) is 0 Å². The SMILES string of the molecule is CCCN1CCCC2c3nc(N)oc3CCC21. The fourth-order valence-electron chi connectivity index (χ4n) is 3.52. The molecule has 4 heteroatoms. The van der Waals surface area contributed by atoms with Crippen molar-refractivity contribution in [3.05, 3.63) is 11.5 Å². The van der Waals surface area contributed by atoms with Crippen molar-refractivity contribution in [1.82, 2.24) is 9.88 Å². The average Bonchev–Trinajstić information content (AvgIpc) is 2.70. The molecule has 1 aliphatic heterocycles. The van der Waals surface area contributed by atoms with Gasteiger partial charge in [0.1, 0.15) is 5.76 Å². The molecule has 0 amide bonds. The number of nitrogen functional groups attached to an aromatic ring is 1. The van der Waals surface area contributed by atoms with E-state index in [0.717, 1.165) is 17.9 Å². The second-order valence-corrected chi connectivity index (χ2v) is 5.25. The fourth-order valence-corrected chi connectivity index (χ4v) is 3.52. The average molecular weight is 235 g/mol. The maximum atomic E-state index is 5.68. The van der Waals surface area contributed by atoms with Gasteiger partial charge in [0.2, 0.25) is 0 Å². The zero-order valence-electron chi connectivity index (χ0n) is 10.5. The lowest BCUT2D eigenvalue weighted by Crippen LogP contribution is -2.46. The van der Waals surface area contributed by atoms with Gasteiger partial charge >= 0.3 is 0 Å². The Kier molecular flexibility index (Phi) is 2.82. The number of hydrogen-bond acceptors (Lipinski definition) is 4. The number of piperidine rings is 1. The van der Waals surface area contributed by atoms with E-state index in [1.54, 1.807) is 0 Å². The normalized spacial score (nSPS) is 28.8. The van der Waals surface area contributed by atoms with E-state index in [-0.39, 0.29) is 0 Å². The molecule has 94 valence electrons. The number of rotatable bonds is 2. The van der Waals surface area contributed by atoms with Gasteiger partial charge in [0, 0.05) is 18.4 Å². The zero-order chi connectivity index (χ0) is 11.8. The molecule has 17 heavy (non-hydrogen) atoms. The van der Waals surface area contributed by atoms with Crippen molar-refractivity contribution < 1.29 is 4.42 Å². The van der Waals surface area contributed by atoms with Crippen molar-refractivity contribution in [3.63, 3.8) is 0 Å². The topological polar surface area (TPSA) is 55.3 Å². The highest BCUT2D eigenvalue weighted by Crippen LogP contribution is 2.40. The molecule has 1 fully saturated rings. The summed E-state index contributed by atoms with van der Waals surface area (Å²) in [5, 5.41) is 0. The highest BCUT2D eigenvalue weighted by molar-refractivity contribution is 5.28. The first-order valence-electron chi connectivity index (χ1n) is 6.78. The van der Waals surface area contributed by atoms with E-state index in [9.17, 15) is 0 Å². The van der Waals surface area contributed by atoms with Gasteiger partial charge in [-0.2, -0.15) is 4.98 Å². The minimum atomic E-state index is 0.350. The summed E-state index contributed by atoms with van der Waals surface area (Å²) in [5.41, 5.74) is 6.83. The van der Waals surface area contributed by atoms with Crippen molar-refractivity contribution in [2.24, 2.45) is 0 Å². The van der Waals surface area contributed by atoms with Crippen LogP contribution in [0.1, 0.15) is 50.0 Å². The summed E-state index contributed by atoms with van der Waals surface area (Å²) in [6.45, 7) is 4.72. The first kappa shape index (κ1) is 11.1. The third-order valence-electron chi connectivity index (χ3n) is 4.17. The van der Waals surface area contributed by atoms with Crippen molar-refractivity contribution in [2.75, 3.05) is 18.8 Å². The van der Waals surface area contributed by atoms with Gasteiger partial charge in [-0.05, 0) is 38.8 Å². The van der Waals surface area contributed by atoms with Crippen LogP contribution in [-0.4, -0.2) is 29.0 Å². The van der Waals surface area contributed by atoms with Gasteiger partial charge in [-0.15, -0.1) is 0 Å². The molecule has 0 bridgehead atoms. The number of anilines is 1. The smallest absolute Gasteiger partial charge is 0.292 e. The fraction of sp³-hybridized carbons (Fsp3) is 0.769. The Hall–Kier alpha value is -1.03. The predicted molar refractivity (Wildman–Crippen MR) is 66.9 cm³/mol. The van der Waals surface area contributed by atoms with E-state index in [1.165, 1.54) is 38.8 Å². The Balaban J connectivity index is 1.87. The third kappa shape index (κ3) is 1.84. The summed E-state index contributed by atoms with van der Waals surface area (Å²) in [6.07, 6.45) is 5.95. The molecule has 2 atom stereocenters. The molecule has 4 nitrogen and oxygen atoms in total. The van der Waals surface area contributed by atoms with Crippen molar-refractivity contribution in [1.29, 1.82) is 0 Å². The van der Waals surface area contributed by atoms with Crippen LogP contribution < -0.4 is 5.73 Å². The quantitative estimate of drug-likeness (QED) is 0.853. The van der Waals surface area contributed by atoms with Crippen LogP contribution in [0.2, 0.25) is 0 Å². The Morgan fingerprint density at radius 3 is 3.18 bits per heavy atom. The lowest BCUT2D eigenvalue weighted by Gasteiger charge is -2.42. The summed E-state index contributed by atoms with van der Waals surface area (Å²) < 4.78 is 5.50. The molecular weight excluding hydrogens is 214 g/mol. The van der Waals surface area contributed by atoms with Crippen molar-refractivity contribution >= 4 is 6.01 Å². The Bertz CT molecular complexity index is 399. The number of aromatic nitrogens is 1. The monoisotopic (exact) mass is 235 g/mol. The largest absolute Gasteiger partial charge is 0.429 e. The number of likely N-dealkylation sites (tertiary alicyclic amines) is 1. The minimum absolute atomic E-state index is 0.350. The molecule has 0 saturated carbocycles. The van der Waals surface area contributed by atoms with E-state index >= 15 is 0 Å². The Morgan fingerprint density at radius 2 is 2.35 bits per heavy atom. The summed E-state index contributed by atoms with van der Waals surface area (Å²) in [5.74, 6) is 1.60. The predicted octanol–water partition coefficient (Wildman–Crippen LogP) is 2.16. The first-order valence-corrected chi connectivity index (χ1v) is 6.78. The molecule has 2 unspecified atom stereocenters. The summed E-state index contributed by atoms with van der Waals surface area (Å²) in [6, 6.07) is 1.02. The lowest BCUT2D eigenvalue weighted by atomic mass is 9.79. The molecule has 0 radical (unpaired) electrons. The van der Waals surface area contributed by atoms with E-state index < -0.39 is 0 Å². The number of nitrogens with two attached hydrogens (primary N) is 1. The van der Waals surface area contributed by atoms with Crippen LogP contribution in [-0.2, 0) is 6.42 Å². The molecule has 2 heterocycles. The molecule has 1 aromatic heterocycles. The van der Waals surface area contributed by atoms with Gasteiger partial charge in [0.15, 0.2) is 0 Å². The maximum Gasteiger partial charge on any atom is 0.292 e. The molecule has 1 aromatic rings. The number of hydrogen-bond donors (Lipinski definition) is 1. The Morgan fingerprint density at radius 1 is 1.47 bits per heavy atom. The minimum Gasteiger partial charge on any atom is -0.429 e. The van der Waals surface area contributed by atoms with E-state index in [0.29, 0.717) is 18.0 Å². The summed E-state index contributed by atoms with van der Waals surface area (Å²) >= 11 is 0.